The van der Waals surface area contributed by atoms with Crippen LogP contribution in [0.25, 0.3) is 0 Å². The highest BCUT2D eigenvalue weighted by Crippen LogP contribution is 2.34. The highest BCUT2D eigenvalue weighted by atomic mass is 16.5. The lowest BCUT2D eigenvalue weighted by Gasteiger charge is -2.28. The van der Waals surface area contributed by atoms with Crippen molar-refractivity contribution in [2.45, 2.75) is 19.9 Å². The van der Waals surface area contributed by atoms with Gasteiger partial charge in [-0.15, -0.1) is 6.42 Å². The van der Waals surface area contributed by atoms with Crippen molar-refractivity contribution >= 4 is 12.0 Å². The summed E-state index contributed by atoms with van der Waals surface area (Å²) in [5.74, 6) is 2.81. The Morgan fingerprint density at radius 3 is 2.76 bits per heavy atom. The van der Waals surface area contributed by atoms with E-state index in [2.05, 4.69) is 16.6 Å². The van der Waals surface area contributed by atoms with Gasteiger partial charge in [-0.2, -0.15) is 0 Å². The van der Waals surface area contributed by atoms with Gasteiger partial charge in [0.1, 0.15) is 6.61 Å². The molecule has 2 N–H and O–H groups in total. The number of urea groups is 1. The van der Waals surface area contributed by atoms with Crippen molar-refractivity contribution in [2.24, 2.45) is 0 Å². The van der Waals surface area contributed by atoms with Crippen molar-refractivity contribution in [1.29, 1.82) is 0 Å². The molecule has 2 rings (SSSR count). The zero-order chi connectivity index (χ0) is 18.4. The molecular formula is C18H20N2O5. The Hall–Kier alpha value is -3.14. The molecule has 1 heterocycles. The van der Waals surface area contributed by atoms with Crippen LogP contribution in [-0.4, -0.2) is 32.3 Å². The average molecular weight is 344 g/mol. The first-order chi connectivity index (χ1) is 12.0. The van der Waals surface area contributed by atoms with Crippen LogP contribution in [0.4, 0.5) is 4.79 Å². The van der Waals surface area contributed by atoms with Gasteiger partial charge >= 0.3 is 12.0 Å². The van der Waals surface area contributed by atoms with Crippen LogP contribution in [0.3, 0.4) is 0 Å². The molecular weight excluding hydrogens is 324 g/mol. The number of carbonyl (C=O) groups is 2. The summed E-state index contributed by atoms with van der Waals surface area (Å²) in [6.07, 6.45) is 5.20. The quantitative estimate of drug-likeness (QED) is 0.608. The lowest BCUT2D eigenvalue weighted by molar-refractivity contribution is -0.139. The number of ether oxygens (including phenoxy) is 3. The van der Waals surface area contributed by atoms with Crippen molar-refractivity contribution in [1.82, 2.24) is 10.6 Å². The largest absolute Gasteiger partial charge is 0.493 e. The van der Waals surface area contributed by atoms with Crippen LogP contribution in [0.1, 0.15) is 25.5 Å². The number of hydrogen-bond acceptors (Lipinski definition) is 5. The van der Waals surface area contributed by atoms with Gasteiger partial charge in [0.15, 0.2) is 11.5 Å². The molecule has 7 nitrogen and oxygen atoms in total. The number of amides is 2. The van der Waals surface area contributed by atoms with E-state index in [1.54, 1.807) is 32.0 Å². The van der Waals surface area contributed by atoms with Crippen LogP contribution in [-0.2, 0) is 9.53 Å². The molecule has 0 saturated heterocycles. The zero-order valence-corrected chi connectivity index (χ0v) is 14.3. The third-order valence-corrected chi connectivity index (χ3v) is 3.60. The van der Waals surface area contributed by atoms with Crippen LogP contribution >= 0.6 is 0 Å². The number of rotatable bonds is 6. The molecule has 1 aromatic rings. The second-order valence-electron chi connectivity index (χ2n) is 5.19. The summed E-state index contributed by atoms with van der Waals surface area (Å²) in [6.45, 7) is 3.71. The van der Waals surface area contributed by atoms with Gasteiger partial charge in [-0.05, 0) is 31.5 Å². The van der Waals surface area contributed by atoms with E-state index in [1.165, 1.54) is 7.11 Å². The van der Waals surface area contributed by atoms with Gasteiger partial charge in [0.25, 0.3) is 0 Å². The summed E-state index contributed by atoms with van der Waals surface area (Å²) in [6, 6.07) is 4.04. The van der Waals surface area contributed by atoms with Gasteiger partial charge in [0, 0.05) is 5.70 Å². The van der Waals surface area contributed by atoms with E-state index >= 15 is 0 Å². The molecule has 1 unspecified atom stereocenters. The average Bonchev–Trinajstić information content (AvgIpc) is 2.59. The Bertz CT molecular complexity index is 748. The molecule has 0 bridgehead atoms. The first-order valence-corrected chi connectivity index (χ1v) is 7.71. The van der Waals surface area contributed by atoms with E-state index in [4.69, 9.17) is 20.6 Å². The Labute approximate surface area is 146 Å². The van der Waals surface area contributed by atoms with Crippen LogP contribution in [0.5, 0.6) is 11.5 Å². The fraction of sp³-hybridized carbons (Fsp3) is 0.333. The summed E-state index contributed by atoms with van der Waals surface area (Å²) in [5.41, 5.74) is 1.43. The van der Waals surface area contributed by atoms with E-state index in [-0.39, 0.29) is 13.2 Å². The fourth-order valence-electron chi connectivity index (χ4n) is 2.53. The van der Waals surface area contributed by atoms with Gasteiger partial charge in [-0.3, -0.25) is 0 Å². The van der Waals surface area contributed by atoms with E-state index in [0.717, 1.165) is 0 Å². The molecule has 0 radical (unpaired) electrons. The minimum Gasteiger partial charge on any atom is -0.493 e. The third-order valence-electron chi connectivity index (χ3n) is 3.60. The Morgan fingerprint density at radius 2 is 2.12 bits per heavy atom. The number of esters is 1. The lowest BCUT2D eigenvalue weighted by atomic mass is 9.95. The third kappa shape index (κ3) is 4.04. The lowest BCUT2D eigenvalue weighted by Crippen LogP contribution is -2.45. The number of carbonyl (C=O) groups excluding carboxylic acids is 2. The topological polar surface area (TPSA) is 85.9 Å². The predicted octanol–water partition coefficient (Wildman–Crippen LogP) is 1.90. The zero-order valence-electron chi connectivity index (χ0n) is 14.3. The summed E-state index contributed by atoms with van der Waals surface area (Å²) in [7, 11) is 1.50. The van der Waals surface area contributed by atoms with Gasteiger partial charge in [0.05, 0.1) is 25.3 Å². The van der Waals surface area contributed by atoms with Crippen molar-refractivity contribution in [3.05, 3.63) is 35.0 Å². The molecule has 2 amide bonds. The molecule has 0 saturated carbocycles. The molecule has 1 aromatic carbocycles. The van der Waals surface area contributed by atoms with Crippen LogP contribution in [0, 0.1) is 12.3 Å². The fourth-order valence-corrected chi connectivity index (χ4v) is 2.53. The standard InChI is InChI=1S/C18H20N2O5/c1-5-9-25-13-8-7-12(10-14(13)23-4)16-15(17(21)24-6-2)11(3)19-18(22)20-16/h1,7-8,10,16H,6,9H2,2-4H3,(H2,19,20,22). The molecule has 132 valence electrons. The maximum absolute atomic E-state index is 12.3. The van der Waals surface area contributed by atoms with Gasteiger partial charge < -0.3 is 24.8 Å². The molecule has 0 aliphatic carbocycles. The molecule has 0 spiro atoms. The van der Waals surface area contributed by atoms with E-state index in [9.17, 15) is 9.59 Å². The van der Waals surface area contributed by atoms with E-state index < -0.39 is 18.0 Å². The number of benzene rings is 1. The van der Waals surface area contributed by atoms with Crippen molar-refractivity contribution in [3.8, 4) is 23.8 Å². The Morgan fingerprint density at radius 1 is 1.36 bits per heavy atom. The van der Waals surface area contributed by atoms with Crippen molar-refractivity contribution in [3.63, 3.8) is 0 Å². The van der Waals surface area contributed by atoms with E-state index in [1.807, 2.05) is 0 Å². The molecule has 1 aliphatic rings. The minimum atomic E-state index is -0.664. The number of hydrogen-bond donors (Lipinski definition) is 2. The molecule has 1 aliphatic heterocycles. The summed E-state index contributed by atoms with van der Waals surface area (Å²) in [4.78, 5) is 24.2. The van der Waals surface area contributed by atoms with Crippen LogP contribution in [0.2, 0.25) is 0 Å². The number of terminal acetylenes is 1. The van der Waals surface area contributed by atoms with Crippen molar-refractivity contribution < 1.29 is 23.8 Å². The van der Waals surface area contributed by atoms with Gasteiger partial charge in [-0.1, -0.05) is 12.0 Å². The molecule has 7 heteroatoms. The number of nitrogens with one attached hydrogen (secondary N) is 2. The molecule has 0 fully saturated rings. The number of methoxy groups -OCH3 is 1. The van der Waals surface area contributed by atoms with Crippen LogP contribution in [0.15, 0.2) is 29.5 Å². The first-order valence-electron chi connectivity index (χ1n) is 7.71. The molecule has 0 aromatic heterocycles. The van der Waals surface area contributed by atoms with Crippen molar-refractivity contribution in [2.75, 3.05) is 20.3 Å². The van der Waals surface area contributed by atoms with E-state index in [0.29, 0.717) is 28.3 Å². The monoisotopic (exact) mass is 344 g/mol. The van der Waals surface area contributed by atoms with Gasteiger partial charge in [-0.25, -0.2) is 9.59 Å². The predicted molar refractivity (Wildman–Crippen MR) is 91.1 cm³/mol. The minimum absolute atomic E-state index is 0.104. The Balaban J connectivity index is 2.43. The highest BCUT2D eigenvalue weighted by Gasteiger charge is 2.32. The molecule has 1 atom stereocenters. The maximum atomic E-state index is 12.3. The smallest absolute Gasteiger partial charge is 0.338 e. The summed E-state index contributed by atoms with van der Waals surface area (Å²) < 4.78 is 15.8. The van der Waals surface area contributed by atoms with Gasteiger partial charge in [0.2, 0.25) is 0 Å². The normalized spacial score (nSPS) is 16.4. The second-order valence-corrected chi connectivity index (χ2v) is 5.19. The Kier molecular flexibility index (Phi) is 5.90. The van der Waals surface area contributed by atoms with Crippen LogP contribution < -0.4 is 20.1 Å². The highest BCUT2D eigenvalue weighted by molar-refractivity contribution is 5.95. The SMILES string of the molecule is C#CCOc1ccc(C2NC(=O)NC(C)=C2C(=O)OCC)cc1OC. The molecule has 25 heavy (non-hydrogen) atoms. The second kappa shape index (κ2) is 8.11. The first kappa shape index (κ1) is 18.2. The summed E-state index contributed by atoms with van der Waals surface area (Å²) in [5, 5.41) is 5.32. The maximum Gasteiger partial charge on any atom is 0.338 e. The number of allylic oxidation sites excluding steroid dienone is 1. The summed E-state index contributed by atoms with van der Waals surface area (Å²) >= 11 is 0.